The van der Waals surface area contributed by atoms with E-state index in [1.165, 1.54) is 17.8 Å². The molecular formula is C19H17FN6O2S. The minimum absolute atomic E-state index is 0.184. The molecule has 4 aromatic rings. The van der Waals surface area contributed by atoms with Gasteiger partial charge < -0.3 is 9.63 Å². The molecule has 2 aromatic heterocycles. The van der Waals surface area contributed by atoms with Crippen molar-refractivity contribution in [3.63, 3.8) is 0 Å². The number of nitrogens with zero attached hydrogens (tertiary/aromatic N) is 6. The Bertz CT molecular complexity index is 1110. The van der Waals surface area contributed by atoms with E-state index in [1.807, 2.05) is 0 Å². The number of hydrogen-bond donors (Lipinski definition) is 1. The maximum Gasteiger partial charge on any atom is 0.226 e. The van der Waals surface area contributed by atoms with Crippen molar-refractivity contribution in [3.8, 4) is 22.8 Å². The molecule has 0 aliphatic carbocycles. The van der Waals surface area contributed by atoms with Crippen LogP contribution in [0.4, 0.5) is 4.39 Å². The molecule has 4 rings (SSSR count). The first-order valence-electron chi connectivity index (χ1n) is 8.90. The number of phenols is 1. The van der Waals surface area contributed by atoms with Crippen molar-refractivity contribution in [2.75, 3.05) is 5.75 Å². The monoisotopic (exact) mass is 412 g/mol. The molecule has 0 unspecified atom stereocenters. The summed E-state index contributed by atoms with van der Waals surface area (Å²) in [7, 11) is 0. The highest BCUT2D eigenvalue weighted by Gasteiger charge is 2.12. The molecule has 0 bridgehead atoms. The average Bonchev–Trinajstić information content (AvgIpc) is 3.38. The van der Waals surface area contributed by atoms with Crippen molar-refractivity contribution in [1.82, 2.24) is 30.3 Å². The van der Waals surface area contributed by atoms with E-state index in [0.29, 0.717) is 34.4 Å². The molecule has 0 saturated carbocycles. The highest BCUT2D eigenvalue weighted by atomic mass is 32.2. The summed E-state index contributed by atoms with van der Waals surface area (Å²) in [5, 5.41) is 25.7. The molecule has 0 radical (unpaired) electrons. The lowest BCUT2D eigenvalue weighted by molar-refractivity contribution is 0.378. The summed E-state index contributed by atoms with van der Waals surface area (Å²) >= 11 is 1.50. The number of halogens is 1. The van der Waals surface area contributed by atoms with E-state index in [2.05, 4.69) is 25.7 Å². The predicted molar refractivity (Wildman–Crippen MR) is 104 cm³/mol. The Morgan fingerprint density at radius 3 is 2.79 bits per heavy atom. The van der Waals surface area contributed by atoms with E-state index in [1.54, 1.807) is 48.0 Å². The second-order valence-electron chi connectivity index (χ2n) is 6.32. The first-order chi connectivity index (χ1) is 14.1. The molecule has 2 aromatic carbocycles. The van der Waals surface area contributed by atoms with Crippen molar-refractivity contribution in [2.45, 2.75) is 24.9 Å². The fourth-order valence-corrected chi connectivity index (χ4v) is 3.45. The Kier molecular flexibility index (Phi) is 5.52. The van der Waals surface area contributed by atoms with Gasteiger partial charge in [-0.25, -0.2) is 4.39 Å². The number of aryl methyl sites for hydroxylation is 2. The van der Waals surface area contributed by atoms with Crippen LogP contribution < -0.4 is 0 Å². The lowest BCUT2D eigenvalue weighted by Gasteiger charge is -2.03. The molecule has 8 nitrogen and oxygen atoms in total. The molecule has 0 atom stereocenters. The lowest BCUT2D eigenvalue weighted by atomic mass is 10.1. The molecule has 0 saturated heterocycles. The van der Waals surface area contributed by atoms with E-state index in [-0.39, 0.29) is 11.6 Å². The van der Waals surface area contributed by atoms with E-state index in [9.17, 15) is 9.50 Å². The van der Waals surface area contributed by atoms with Gasteiger partial charge in [-0.1, -0.05) is 29.1 Å². The zero-order valence-corrected chi connectivity index (χ0v) is 16.3. The highest BCUT2D eigenvalue weighted by molar-refractivity contribution is 7.99. The number of rotatable bonds is 7. The van der Waals surface area contributed by atoms with E-state index < -0.39 is 0 Å². The van der Waals surface area contributed by atoms with Gasteiger partial charge in [-0.05, 0) is 59.7 Å². The van der Waals surface area contributed by atoms with Crippen LogP contribution in [0.5, 0.6) is 5.75 Å². The second kappa shape index (κ2) is 8.39. The number of hydrogen-bond acceptors (Lipinski definition) is 8. The third kappa shape index (κ3) is 4.43. The Labute approximate surface area is 169 Å². The van der Waals surface area contributed by atoms with Crippen LogP contribution in [0.25, 0.3) is 17.1 Å². The third-order valence-electron chi connectivity index (χ3n) is 4.20. The summed E-state index contributed by atoms with van der Waals surface area (Å²) in [6.45, 7) is 1.70. The normalized spacial score (nSPS) is 11.1. The zero-order chi connectivity index (χ0) is 20.2. The van der Waals surface area contributed by atoms with Gasteiger partial charge in [-0.2, -0.15) is 9.67 Å². The van der Waals surface area contributed by atoms with Gasteiger partial charge in [0.2, 0.25) is 16.9 Å². The largest absolute Gasteiger partial charge is 0.508 e. The topological polar surface area (TPSA) is 103 Å². The summed E-state index contributed by atoms with van der Waals surface area (Å²) in [5.41, 5.74) is 1.93. The van der Waals surface area contributed by atoms with Gasteiger partial charge in [0.05, 0.1) is 5.69 Å². The maximum absolute atomic E-state index is 13.7. The van der Waals surface area contributed by atoms with Crippen LogP contribution in [0.2, 0.25) is 0 Å². The standard InChI is InChI=1S/C19H17FN6O2S/c1-12-4-5-13(11-16(12)20)18-21-17(28-23-18)3-2-10-29-19-22-24-25-26(19)14-6-8-15(27)9-7-14/h4-9,11,27H,2-3,10H2,1H3. The summed E-state index contributed by atoms with van der Waals surface area (Å²) < 4.78 is 20.6. The summed E-state index contributed by atoms with van der Waals surface area (Å²) in [5.74, 6) is 1.51. The Morgan fingerprint density at radius 2 is 2.00 bits per heavy atom. The van der Waals surface area contributed by atoms with E-state index >= 15 is 0 Å². The highest BCUT2D eigenvalue weighted by Crippen LogP contribution is 2.22. The maximum atomic E-state index is 13.7. The number of aromatic nitrogens is 6. The van der Waals surface area contributed by atoms with Crippen molar-refractivity contribution < 1.29 is 14.0 Å². The van der Waals surface area contributed by atoms with Gasteiger partial charge in [0.1, 0.15) is 11.6 Å². The number of aromatic hydroxyl groups is 1. The van der Waals surface area contributed by atoms with Gasteiger partial charge in [-0.3, -0.25) is 0 Å². The molecule has 29 heavy (non-hydrogen) atoms. The van der Waals surface area contributed by atoms with Crippen LogP contribution in [0.15, 0.2) is 52.1 Å². The Hall–Kier alpha value is -3.27. The van der Waals surface area contributed by atoms with E-state index in [4.69, 9.17) is 4.52 Å². The minimum atomic E-state index is -0.295. The molecule has 0 aliphatic rings. The molecule has 10 heteroatoms. The van der Waals surface area contributed by atoms with Crippen LogP contribution in [0.3, 0.4) is 0 Å². The van der Waals surface area contributed by atoms with E-state index in [0.717, 1.165) is 17.9 Å². The number of phenolic OH excluding ortho intramolecular Hbond substituents is 1. The van der Waals surface area contributed by atoms with Gasteiger partial charge >= 0.3 is 0 Å². The quantitative estimate of drug-likeness (QED) is 0.363. The van der Waals surface area contributed by atoms with Crippen molar-refractivity contribution >= 4 is 11.8 Å². The molecule has 0 fully saturated rings. The number of benzene rings is 2. The van der Waals surface area contributed by atoms with Crippen LogP contribution in [0, 0.1) is 12.7 Å². The fourth-order valence-electron chi connectivity index (χ4n) is 2.62. The summed E-state index contributed by atoms with van der Waals surface area (Å²) in [4.78, 5) is 4.34. The van der Waals surface area contributed by atoms with Crippen LogP contribution in [0.1, 0.15) is 17.9 Å². The van der Waals surface area contributed by atoms with Gasteiger partial charge in [0.15, 0.2) is 0 Å². The fraction of sp³-hybridized carbons (Fsp3) is 0.211. The summed E-state index contributed by atoms with van der Waals surface area (Å²) in [6, 6.07) is 11.5. The van der Waals surface area contributed by atoms with Crippen molar-refractivity contribution in [2.24, 2.45) is 0 Å². The Balaban J connectivity index is 1.33. The van der Waals surface area contributed by atoms with Gasteiger partial charge in [-0.15, -0.1) is 5.10 Å². The smallest absolute Gasteiger partial charge is 0.226 e. The molecule has 2 heterocycles. The molecular weight excluding hydrogens is 395 g/mol. The third-order valence-corrected chi connectivity index (χ3v) is 5.21. The average molecular weight is 412 g/mol. The first kappa shape index (κ1) is 19.1. The van der Waals surface area contributed by atoms with Crippen molar-refractivity contribution in [3.05, 3.63) is 59.7 Å². The number of thioether (sulfide) groups is 1. The van der Waals surface area contributed by atoms with Crippen LogP contribution in [-0.4, -0.2) is 41.2 Å². The molecule has 0 spiro atoms. The summed E-state index contributed by atoms with van der Waals surface area (Å²) in [6.07, 6.45) is 1.37. The minimum Gasteiger partial charge on any atom is -0.508 e. The van der Waals surface area contributed by atoms with Gasteiger partial charge in [0.25, 0.3) is 0 Å². The van der Waals surface area contributed by atoms with Crippen molar-refractivity contribution in [1.29, 1.82) is 0 Å². The SMILES string of the molecule is Cc1ccc(-c2noc(CCCSc3nnnn3-c3ccc(O)cc3)n2)cc1F. The predicted octanol–water partition coefficient (Wildman–Crippen LogP) is 3.59. The number of tetrazole rings is 1. The van der Waals surface area contributed by atoms with Gasteiger partial charge in [0, 0.05) is 17.7 Å². The molecule has 0 aliphatic heterocycles. The van der Waals surface area contributed by atoms with Crippen LogP contribution >= 0.6 is 11.8 Å². The van der Waals surface area contributed by atoms with Crippen LogP contribution in [-0.2, 0) is 6.42 Å². The lowest BCUT2D eigenvalue weighted by Crippen LogP contribution is -1.99. The zero-order valence-electron chi connectivity index (χ0n) is 15.5. The molecule has 1 N–H and O–H groups in total. The second-order valence-corrected chi connectivity index (χ2v) is 7.38. The first-order valence-corrected chi connectivity index (χ1v) is 9.88. The Morgan fingerprint density at radius 1 is 1.17 bits per heavy atom. The molecule has 0 amide bonds. The molecule has 148 valence electrons.